The summed E-state index contributed by atoms with van der Waals surface area (Å²) in [7, 11) is 1.53. The molecule has 2 rings (SSSR count). The normalized spacial score (nSPS) is 10.5. The Morgan fingerprint density at radius 2 is 1.76 bits per heavy atom. The average molecular weight is 404 g/mol. The molecule has 0 saturated carbocycles. The van der Waals surface area contributed by atoms with E-state index in [1.54, 1.807) is 24.4 Å². The summed E-state index contributed by atoms with van der Waals surface area (Å²) < 4.78 is 6.13. The van der Waals surface area contributed by atoms with E-state index in [4.69, 9.17) is 4.74 Å². The number of methoxy groups -OCH3 is 1. The molecule has 2 N–H and O–H groups in total. The molecule has 2 aromatic carbocycles. The van der Waals surface area contributed by atoms with Gasteiger partial charge in [0.15, 0.2) is 0 Å². The number of nitrogens with zero attached hydrogens (tertiary/aromatic N) is 1. The summed E-state index contributed by atoms with van der Waals surface area (Å²) in [6, 6.07) is 14.6. The van der Waals surface area contributed by atoms with Crippen LogP contribution < -0.4 is 15.5 Å². The van der Waals surface area contributed by atoms with Gasteiger partial charge in [-0.3, -0.25) is 9.59 Å². The molecule has 0 aliphatic carbocycles. The molecule has 0 aromatic heterocycles. The van der Waals surface area contributed by atoms with Gasteiger partial charge >= 0.3 is 0 Å². The Kier molecular flexibility index (Phi) is 7.16. The predicted molar refractivity (Wildman–Crippen MR) is 101 cm³/mol. The lowest BCUT2D eigenvalue weighted by Crippen LogP contribution is -2.20. The minimum absolute atomic E-state index is 0.0403. The number of carbonyl (C=O) groups excluding carboxylic acids is 2. The number of hydrogen-bond acceptors (Lipinski definition) is 4. The third-order valence-electron chi connectivity index (χ3n) is 3.23. The second kappa shape index (κ2) is 9.58. The Hall–Kier alpha value is -2.67. The Morgan fingerprint density at radius 1 is 1.08 bits per heavy atom. The predicted octanol–water partition coefficient (Wildman–Crippen LogP) is 3.33. The first kappa shape index (κ1) is 18.7. The number of nitrogens with one attached hydrogen (secondary N) is 2. The van der Waals surface area contributed by atoms with Crippen molar-refractivity contribution in [2.45, 2.75) is 12.8 Å². The molecular weight excluding hydrogens is 386 g/mol. The summed E-state index contributed by atoms with van der Waals surface area (Å²) in [5.74, 6) is -0.0283. The van der Waals surface area contributed by atoms with Crippen LogP contribution in [0.4, 0.5) is 5.69 Å². The molecule has 2 amide bonds. The van der Waals surface area contributed by atoms with Crippen LogP contribution in [0.15, 0.2) is 58.1 Å². The molecule has 0 saturated heterocycles. The summed E-state index contributed by atoms with van der Waals surface area (Å²) in [4.78, 5) is 23.7. The second-order valence-electron chi connectivity index (χ2n) is 5.09. The zero-order valence-electron chi connectivity index (χ0n) is 13.7. The number of anilines is 1. The number of para-hydroxylation sites is 2. The molecule has 0 atom stereocenters. The van der Waals surface area contributed by atoms with Crippen LogP contribution in [-0.4, -0.2) is 25.1 Å². The zero-order chi connectivity index (χ0) is 18.1. The number of carbonyl (C=O) groups is 2. The van der Waals surface area contributed by atoms with Gasteiger partial charge in [0.25, 0.3) is 0 Å². The smallest absolute Gasteiger partial charge is 0.240 e. The summed E-state index contributed by atoms with van der Waals surface area (Å²) in [6.45, 7) is 0. The van der Waals surface area contributed by atoms with Gasteiger partial charge in [-0.15, -0.1) is 0 Å². The van der Waals surface area contributed by atoms with Crippen molar-refractivity contribution in [3.05, 3.63) is 58.6 Å². The van der Waals surface area contributed by atoms with Crippen molar-refractivity contribution >= 4 is 39.6 Å². The minimum atomic E-state index is -0.330. The molecule has 0 bridgehead atoms. The standard InChI is InChI=1S/C18H18BrN3O3/c1-25-16-5-3-2-4-15(16)21-17(23)10-11-18(24)22-20-12-13-6-8-14(19)9-7-13/h2-9,12H,10-11H2,1H3,(H,21,23)(H,22,24)/b20-12+. The first-order valence-corrected chi connectivity index (χ1v) is 8.38. The van der Waals surface area contributed by atoms with E-state index >= 15 is 0 Å². The molecule has 130 valence electrons. The van der Waals surface area contributed by atoms with E-state index < -0.39 is 0 Å². The highest BCUT2D eigenvalue weighted by molar-refractivity contribution is 9.10. The van der Waals surface area contributed by atoms with E-state index in [0.717, 1.165) is 10.0 Å². The molecule has 0 radical (unpaired) electrons. The van der Waals surface area contributed by atoms with Crippen LogP contribution in [-0.2, 0) is 9.59 Å². The van der Waals surface area contributed by atoms with E-state index in [-0.39, 0.29) is 24.7 Å². The van der Waals surface area contributed by atoms with Crippen LogP contribution in [0.5, 0.6) is 5.75 Å². The van der Waals surface area contributed by atoms with Gasteiger partial charge in [-0.1, -0.05) is 40.2 Å². The van der Waals surface area contributed by atoms with Gasteiger partial charge in [0.2, 0.25) is 11.8 Å². The molecule has 0 spiro atoms. The van der Waals surface area contributed by atoms with E-state index in [1.807, 2.05) is 30.3 Å². The number of hydrogen-bond donors (Lipinski definition) is 2. The van der Waals surface area contributed by atoms with Crippen molar-refractivity contribution in [1.82, 2.24) is 5.43 Å². The Balaban J connectivity index is 1.75. The average Bonchev–Trinajstić information content (AvgIpc) is 2.62. The van der Waals surface area contributed by atoms with Crippen LogP contribution in [0.1, 0.15) is 18.4 Å². The molecule has 7 heteroatoms. The number of hydrazone groups is 1. The lowest BCUT2D eigenvalue weighted by molar-refractivity contribution is -0.124. The highest BCUT2D eigenvalue weighted by Crippen LogP contribution is 2.23. The van der Waals surface area contributed by atoms with Crippen LogP contribution >= 0.6 is 15.9 Å². The van der Waals surface area contributed by atoms with Crippen molar-refractivity contribution in [2.24, 2.45) is 5.10 Å². The van der Waals surface area contributed by atoms with E-state index in [2.05, 4.69) is 31.8 Å². The van der Waals surface area contributed by atoms with E-state index in [0.29, 0.717) is 11.4 Å². The minimum Gasteiger partial charge on any atom is -0.495 e. The lowest BCUT2D eigenvalue weighted by atomic mass is 10.2. The van der Waals surface area contributed by atoms with Crippen molar-refractivity contribution in [2.75, 3.05) is 12.4 Å². The Labute approximate surface area is 154 Å². The second-order valence-corrected chi connectivity index (χ2v) is 6.01. The molecule has 0 aliphatic heterocycles. The van der Waals surface area contributed by atoms with E-state index in [9.17, 15) is 9.59 Å². The fourth-order valence-electron chi connectivity index (χ4n) is 1.97. The van der Waals surface area contributed by atoms with Gasteiger partial charge in [-0.25, -0.2) is 5.43 Å². The van der Waals surface area contributed by atoms with Gasteiger partial charge in [0.1, 0.15) is 5.75 Å². The molecular formula is C18H18BrN3O3. The van der Waals surface area contributed by atoms with Crippen molar-refractivity contribution in [3.63, 3.8) is 0 Å². The van der Waals surface area contributed by atoms with Crippen molar-refractivity contribution in [1.29, 1.82) is 0 Å². The molecule has 0 aliphatic rings. The topological polar surface area (TPSA) is 79.8 Å². The molecule has 2 aromatic rings. The van der Waals surface area contributed by atoms with Gasteiger partial charge in [0, 0.05) is 17.3 Å². The number of benzene rings is 2. The third-order valence-corrected chi connectivity index (χ3v) is 3.76. The van der Waals surface area contributed by atoms with Gasteiger partial charge in [-0.05, 0) is 29.8 Å². The molecule has 25 heavy (non-hydrogen) atoms. The molecule has 6 nitrogen and oxygen atoms in total. The quantitative estimate of drug-likeness (QED) is 0.549. The summed E-state index contributed by atoms with van der Waals surface area (Å²) in [6.07, 6.45) is 1.63. The van der Waals surface area contributed by atoms with Crippen LogP contribution in [0.2, 0.25) is 0 Å². The van der Waals surface area contributed by atoms with Crippen LogP contribution in [0.25, 0.3) is 0 Å². The summed E-state index contributed by atoms with van der Waals surface area (Å²) in [5, 5.41) is 6.59. The SMILES string of the molecule is COc1ccccc1NC(=O)CCC(=O)N/N=C/c1ccc(Br)cc1. The Morgan fingerprint density at radius 3 is 2.48 bits per heavy atom. The fourth-order valence-corrected chi connectivity index (χ4v) is 2.24. The summed E-state index contributed by atoms with van der Waals surface area (Å²) >= 11 is 3.34. The van der Waals surface area contributed by atoms with Crippen molar-refractivity contribution < 1.29 is 14.3 Å². The van der Waals surface area contributed by atoms with Crippen LogP contribution in [0.3, 0.4) is 0 Å². The summed E-state index contributed by atoms with van der Waals surface area (Å²) in [5.41, 5.74) is 3.83. The zero-order valence-corrected chi connectivity index (χ0v) is 15.2. The fraction of sp³-hybridized carbons (Fsp3) is 0.167. The van der Waals surface area contributed by atoms with Crippen LogP contribution in [0, 0.1) is 0 Å². The maximum atomic E-state index is 11.9. The molecule has 0 unspecified atom stereocenters. The van der Waals surface area contributed by atoms with Gasteiger partial charge in [-0.2, -0.15) is 5.10 Å². The monoisotopic (exact) mass is 403 g/mol. The highest BCUT2D eigenvalue weighted by Gasteiger charge is 2.09. The number of ether oxygens (including phenoxy) is 1. The van der Waals surface area contributed by atoms with E-state index in [1.165, 1.54) is 7.11 Å². The largest absolute Gasteiger partial charge is 0.495 e. The van der Waals surface area contributed by atoms with Gasteiger partial charge in [0.05, 0.1) is 19.0 Å². The maximum absolute atomic E-state index is 11.9. The third kappa shape index (κ3) is 6.39. The lowest BCUT2D eigenvalue weighted by Gasteiger charge is -2.09. The first-order valence-electron chi connectivity index (χ1n) is 7.59. The maximum Gasteiger partial charge on any atom is 0.240 e. The number of rotatable bonds is 7. The Bertz CT molecular complexity index is 760. The molecule has 0 heterocycles. The number of amides is 2. The molecule has 0 fully saturated rings. The van der Waals surface area contributed by atoms with Crippen molar-refractivity contribution in [3.8, 4) is 5.75 Å². The highest BCUT2D eigenvalue weighted by atomic mass is 79.9. The first-order chi connectivity index (χ1) is 12.1. The number of halogens is 1. The van der Waals surface area contributed by atoms with Gasteiger partial charge < -0.3 is 10.1 Å².